The third kappa shape index (κ3) is 4.62. The van der Waals surface area contributed by atoms with Gasteiger partial charge in [0.2, 0.25) is 0 Å². The molecular weight excluding hydrogens is 314 g/mol. The maximum atomic E-state index is 11.9. The maximum absolute atomic E-state index is 11.9. The fraction of sp³-hybridized carbons (Fsp3) is 0.500. The molecule has 0 aliphatic rings. The average molecular weight is 333 g/mol. The Morgan fingerprint density at radius 3 is 2.33 bits per heavy atom. The molecule has 1 aromatic rings. The van der Waals surface area contributed by atoms with E-state index in [4.69, 9.17) is 11.6 Å². The van der Waals surface area contributed by atoms with E-state index >= 15 is 0 Å². The van der Waals surface area contributed by atoms with E-state index < -0.39 is 0 Å². The van der Waals surface area contributed by atoms with Crippen molar-refractivity contribution < 1.29 is 4.79 Å². The molecule has 1 unspecified atom stereocenters. The minimum absolute atomic E-state index is 0.0536. The number of halogens is 2. The third-order valence-corrected chi connectivity index (χ3v) is 4.45. The lowest BCUT2D eigenvalue weighted by atomic mass is 9.99. The fourth-order valence-corrected chi connectivity index (χ4v) is 2.90. The van der Waals surface area contributed by atoms with Crippen LogP contribution in [0.3, 0.4) is 0 Å². The lowest BCUT2D eigenvalue weighted by Gasteiger charge is -2.19. The van der Waals surface area contributed by atoms with Gasteiger partial charge in [0.25, 0.3) is 5.91 Å². The van der Waals surface area contributed by atoms with Crippen LogP contribution in [-0.2, 0) is 0 Å². The normalized spacial score (nSPS) is 12.5. The van der Waals surface area contributed by atoms with Crippen molar-refractivity contribution in [1.82, 2.24) is 5.32 Å². The summed E-state index contributed by atoms with van der Waals surface area (Å²) in [6.07, 6.45) is 2.23. The van der Waals surface area contributed by atoms with Crippen molar-refractivity contribution in [2.24, 2.45) is 5.92 Å². The SMILES string of the molecule is CCC(CC)C(Br)CNC(=O)c1ccc(Cl)cc1. The Balaban J connectivity index is 2.48. The maximum Gasteiger partial charge on any atom is 0.251 e. The van der Waals surface area contributed by atoms with Gasteiger partial charge < -0.3 is 5.32 Å². The Kier molecular flexibility index (Phi) is 6.72. The van der Waals surface area contributed by atoms with Crippen LogP contribution in [0.25, 0.3) is 0 Å². The smallest absolute Gasteiger partial charge is 0.251 e. The summed E-state index contributed by atoms with van der Waals surface area (Å²) >= 11 is 9.43. The second kappa shape index (κ2) is 7.80. The number of benzene rings is 1. The summed E-state index contributed by atoms with van der Waals surface area (Å²) in [5, 5.41) is 3.58. The first-order valence-electron chi connectivity index (χ1n) is 6.26. The molecule has 0 spiro atoms. The predicted molar refractivity (Wildman–Crippen MR) is 80.6 cm³/mol. The van der Waals surface area contributed by atoms with Gasteiger partial charge in [-0.25, -0.2) is 0 Å². The van der Waals surface area contributed by atoms with Gasteiger partial charge in [-0.15, -0.1) is 0 Å². The van der Waals surface area contributed by atoms with Crippen molar-refractivity contribution in [3.8, 4) is 0 Å². The first-order valence-corrected chi connectivity index (χ1v) is 7.55. The summed E-state index contributed by atoms with van der Waals surface area (Å²) in [6.45, 7) is 4.99. The topological polar surface area (TPSA) is 29.1 Å². The standard InChI is InChI=1S/C14H19BrClNO/c1-3-10(4-2)13(15)9-17-14(18)11-5-7-12(16)8-6-11/h5-8,10,13H,3-4,9H2,1-2H3,(H,17,18). The molecule has 0 fully saturated rings. The van der Waals surface area contributed by atoms with Crippen LogP contribution >= 0.6 is 27.5 Å². The van der Waals surface area contributed by atoms with E-state index in [9.17, 15) is 4.79 Å². The van der Waals surface area contributed by atoms with Crippen molar-refractivity contribution in [3.63, 3.8) is 0 Å². The Morgan fingerprint density at radius 2 is 1.83 bits per heavy atom. The van der Waals surface area contributed by atoms with E-state index in [2.05, 4.69) is 35.1 Å². The van der Waals surface area contributed by atoms with E-state index in [1.807, 2.05) is 0 Å². The second-order valence-corrected chi connectivity index (χ2v) is 5.92. The van der Waals surface area contributed by atoms with Crippen LogP contribution in [0.2, 0.25) is 5.02 Å². The molecule has 0 aliphatic carbocycles. The van der Waals surface area contributed by atoms with Gasteiger partial charge in [-0.05, 0) is 30.2 Å². The molecule has 1 aromatic carbocycles. The molecule has 1 rings (SSSR count). The summed E-state index contributed by atoms with van der Waals surface area (Å²) in [6, 6.07) is 6.92. The van der Waals surface area contributed by atoms with Gasteiger partial charge in [0, 0.05) is 22.0 Å². The second-order valence-electron chi connectivity index (χ2n) is 4.31. The molecule has 1 atom stereocenters. The lowest BCUT2D eigenvalue weighted by molar-refractivity contribution is 0.0952. The van der Waals surface area contributed by atoms with Gasteiger partial charge in [0.05, 0.1) is 0 Å². The molecule has 0 bridgehead atoms. The quantitative estimate of drug-likeness (QED) is 0.774. The van der Waals surface area contributed by atoms with Crippen LogP contribution in [0, 0.1) is 5.92 Å². The number of hydrogen-bond acceptors (Lipinski definition) is 1. The van der Waals surface area contributed by atoms with Crippen LogP contribution in [0.15, 0.2) is 24.3 Å². The largest absolute Gasteiger partial charge is 0.351 e. The van der Waals surface area contributed by atoms with Crippen molar-refractivity contribution in [3.05, 3.63) is 34.9 Å². The molecule has 4 heteroatoms. The minimum Gasteiger partial charge on any atom is -0.351 e. The highest BCUT2D eigenvalue weighted by Gasteiger charge is 2.16. The Labute approximate surface area is 122 Å². The van der Waals surface area contributed by atoms with Crippen molar-refractivity contribution in [1.29, 1.82) is 0 Å². The molecule has 0 radical (unpaired) electrons. The zero-order chi connectivity index (χ0) is 13.5. The van der Waals surface area contributed by atoms with E-state index in [1.165, 1.54) is 0 Å². The molecule has 2 nitrogen and oxygen atoms in total. The summed E-state index contributed by atoms with van der Waals surface area (Å²) in [5.74, 6) is 0.539. The van der Waals surface area contributed by atoms with Gasteiger partial charge in [0.15, 0.2) is 0 Å². The average Bonchev–Trinajstić information content (AvgIpc) is 2.38. The Hall–Kier alpha value is -0.540. The number of rotatable bonds is 6. The van der Waals surface area contributed by atoms with Crippen LogP contribution in [0.5, 0.6) is 0 Å². The van der Waals surface area contributed by atoms with E-state index in [0.29, 0.717) is 27.9 Å². The van der Waals surface area contributed by atoms with Gasteiger partial charge in [-0.1, -0.05) is 54.2 Å². The van der Waals surface area contributed by atoms with Crippen molar-refractivity contribution in [2.45, 2.75) is 31.5 Å². The summed E-state index contributed by atoms with van der Waals surface area (Å²) in [4.78, 5) is 12.2. The van der Waals surface area contributed by atoms with Crippen molar-refractivity contribution >= 4 is 33.4 Å². The number of alkyl halides is 1. The van der Waals surface area contributed by atoms with Gasteiger partial charge in [0.1, 0.15) is 0 Å². The third-order valence-electron chi connectivity index (χ3n) is 3.12. The van der Waals surface area contributed by atoms with Crippen LogP contribution in [-0.4, -0.2) is 17.3 Å². The molecule has 0 aliphatic heterocycles. The van der Waals surface area contributed by atoms with E-state index in [1.54, 1.807) is 24.3 Å². The highest BCUT2D eigenvalue weighted by molar-refractivity contribution is 9.09. The molecule has 1 amide bonds. The van der Waals surface area contributed by atoms with Gasteiger partial charge >= 0.3 is 0 Å². The van der Waals surface area contributed by atoms with Crippen LogP contribution in [0.1, 0.15) is 37.0 Å². The first kappa shape index (κ1) is 15.5. The highest BCUT2D eigenvalue weighted by Crippen LogP contribution is 2.19. The Morgan fingerprint density at radius 1 is 1.28 bits per heavy atom. The zero-order valence-electron chi connectivity index (χ0n) is 10.7. The highest BCUT2D eigenvalue weighted by atomic mass is 79.9. The number of carbonyl (C=O) groups is 1. The molecule has 18 heavy (non-hydrogen) atoms. The molecule has 0 saturated heterocycles. The van der Waals surface area contributed by atoms with Crippen LogP contribution in [0.4, 0.5) is 0 Å². The lowest BCUT2D eigenvalue weighted by Crippen LogP contribution is -2.32. The molecule has 1 N–H and O–H groups in total. The molecule has 0 aromatic heterocycles. The van der Waals surface area contributed by atoms with Crippen molar-refractivity contribution in [2.75, 3.05) is 6.54 Å². The predicted octanol–water partition coefficient (Wildman–Crippen LogP) is 4.27. The first-order chi connectivity index (χ1) is 8.58. The van der Waals surface area contributed by atoms with E-state index in [0.717, 1.165) is 12.8 Å². The molecule has 0 heterocycles. The fourth-order valence-electron chi connectivity index (χ4n) is 1.86. The summed E-state index contributed by atoms with van der Waals surface area (Å²) in [5.41, 5.74) is 0.642. The Bertz CT molecular complexity index is 376. The zero-order valence-corrected chi connectivity index (χ0v) is 13.1. The monoisotopic (exact) mass is 331 g/mol. The summed E-state index contributed by atoms with van der Waals surface area (Å²) < 4.78 is 0. The minimum atomic E-state index is -0.0536. The number of hydrogen-bond donors (Lipinski definition) is 1. The number of amides is 1. The molecule has 0 saturated carbocycles. The van der Waals surface area contributed by atoms with Crippen LogP contribution < -0.4 is 5.32 Å². The molecular formula is C14H19BrClNO. The number of nitrogens with one attached hydrogen (secondary N) is 1. The van der Waals surface area contributed by atoms with Gasteiger partial charge in [-0.3, -0.25) is 4.79 Å². The summed E-state index contributed by atoms with van der Waals surface area (Å²) in [7, 11) is 0. The molecule has 100 valence electrons. The van der Waals surface area contributed by atoms with Gasteiger partial charge in [-0.2, -0.15) is 0 Å². The number of carbonyl (C=O) groups excluding carboxylic acids is 1. The van der Waals surface area contributed by atoms with E-state index in [-0.39, 0.29) is 5.91 Å².